The van der Waals surface area contributed by atoms with Gasteiger partial charge < -0.3 is 9.47 Å². The number of esters is 2. The average molecular weight is 298 g/mol. The summed E-state index contributed by atoms with van der Waals surface area (Å²) in [4.78, 5) is 21.8. The molecule has 0 N–H and O–H groups in total. The molecule has 0 atom stereocenters. The number of hydrogen-bond donors (Lipinski definition) is 0. The summed E-state index contributed by atoms with van der Waals surface area (Å²) >= 11 is 0. The average Bonchev–Trinajstić information content (AvgIpc) is 2.61. The van der Waals surface area contributed by atoms with Gasteiger partial charge in [0.15, 0.2) is 0 Å². The number of ether oxygens (including phenoxy) is 2. The molecule has 0 saturated carbocycles. The molecule has 0 fully saturated rings. The number of carbonyl (C=O) groups is 2. The largest absolute Gasteiger partial charge is 0.465 e. The Morgan fingerprint density at radius 2 is 1.27 bits per heavy atom. The number of methoxy groups -OCH3 is 2. The van der Waals surface area contributed by atoms with Gasteiger partial charge in [0.2, 0.25) is 0 Å². The van der Waals surface area contributed by atoms with Crippen molar-refractivity contribution in [2.45, 2.75) is 0 Å². The maximum atomic E-state index is 11.0. The van der Waals surface area contributed by atoms with Crippen LogP contribution in [-0.4, -0.2) is 26.2 Å². The van der Waals surface area contributed by atoms with Crippen LogP contribution in [0.2, 0.25) is 0 Å². The molecule has 0 aliphatic carbocycles. The second kappa shape index (κ2) is 9.13. The summed E-state index contributed by atoms with van der Waals surface area (Å²) < 4.78 is 9.04. The fourth-order valence-corrected chi connectivity index (χ4v) is 1.57. The van der Waals surface area contributed by atoms with Crippen LogP contribution < -0.4 is 0 Å². The molecule has 0 spiro atoms. The molecule has 22 heavy (non-hydrogen) atoms. The summed E-state index contributed by atoms with van der Waals surface area (Å²) in [5.74, 6) is -0.605. The molecule has 2 rings (SSSR count). The smallest absolute Gasteiger partial charge is 0.337 e. The second-order valence-electron chi connectivity index (χ2n) is 4.18. The monoisotopic (exact) mass is 298 g/mol. The van der Waals surface area contributed by atoms with Crippen LogP contribution in [0, 0.1) is 0 Å². The van der Waals surface area contributed by atoms with Crippen LogP contribution in [0.25, 0.3) is 6.08 Å². The Bertz CT molecular complexity index is 615. The van der Waals surface area contributed by atoms with Crippen molar-refractivity contribution in [2.75, 3.05) is 14.2 Å². The zero-order valence-electron chi connectivity index (χ0n) is 12.6. The summed E-state index contributed by atoms with van der Waals surface area (Å²) in [5.41, 5.74) is 2.13. The molecule has 0 aliphatic rings. The third-order valence-electron chi connectivity index (χ3n) is 2.76. The Hall–Kier alpha value is -2.88. The van der Waals surface area contributed by atoms with Crippen molar-refractivity contribution in [2.24, 2.45) is 0 Å². The molecule has 0 radical (unpaired) electrons. The van der Waals surface area contributed by atoms with Gasteiger partial charge in [0.05, 0.1) is 25.3 Å². The Balaban J connectivity index is 0.000000224. The van der Waals surface area contributed by atoms with Crippen LogP contribution in [0.5, 0.6) is 0 Å². The first-order chi connectivity index (χ1) is 10.6. The molecular formula is C18H18O4. The van der Waals surface area contributed by atoms with Crippen molar-refractivity contribution in [1.82, 2.24) is 0 Å². The van der Waals surface area contributed by atoms with Crippen molar-refractivity contribution in [3.8, 4) is 0 Å². The van der Waals surface area contributed by atoms with Crippen LogP contribution in [-0.2, 0) is 9.47 Å². The zero-order valence-corrected chi connectivity index (χ0v) is 12.6. The van der Waals surface area contributed by atoms with E-state index in [-0.39, 0.29) is 11.9 Å². The van der Waals surface area contributed by atoms with Crippen molar-refractivity contribution < 1.29 is 19.1 Å². The van der Waals surface area contributed by atoms with Crippen LogP contribution in [0.4, 0.5) is 0 Å². The molecular weight excluding hydrogens is 280 g/mol. The minimum Gasteiger partial charge on any atom is -0.465 e. The van der Waals surface area contributed by atoms with E-state index in [0.717, 1.165) is 5.56 Å². The van der Waals surface area contributed by atoms with Gasteiger partial charge in [-0.2, -0.15) is 0 Å². The van der Waals surface area contributed by atoms with E-state index in [1.807, 2.05) is 18.2 Å². The highest BCUT2D eigenvalue weighted by Gasteiger charge is 2.02. The minimum absolute atomic E-state index is 0.291. The fourth-order valence-electron chi connectivity index (χ4n) is 1.57. The summed E-state index contributed by atoms with van der Waals surface area (Å²) in [5, 5.41) is 0. The second-order valence-corrected chi connectivity index (χ2v) is 4.18. The first kappa shape index (κ1) is 17.2. The fraction of sp³-hybridized carbons (Fsp3) is 0.111. The molecule has 4 heteroatoms. The predicted molar refractivity (Wildman–Crippen MR) is 85.7 cm³/mol. The van der Waals surface area contributed by atoms with Gasteiger partial charge in [-0.15, -0.1) is 0 Å². The lowest BCUT2D eigenvalue weighted by Gasteiger charge is -1.98. The van der Waals surface area contributed by atoms with Gasteiger partial charge in [0.1, 0.15) is 0 Å². The number of carbonyl (C=O) groups excluding carboxylic acids is 2. The van der Waals surface area contributed by atoms with E-state index in [0.29, 0.717) is 11.1 Å². The molecule has 2 aromatic carbocycles. The van der Waals surface area contributed by atoms with Gasteiger partial charge in [-0.05, 0) is 29.8 Å². The lowest BCUT2D eigenvalue weighted by molar-refractivity contribution is 0.0592. The van der Waals surface area contributed by atoms with Crippen LogP contribution in [0.15, 0.2) is 61.2 Å². The first-order valence-electron chi connectivity index (χ1n) is 6.56. The lowest BCUT2D eigenvalue weighted by atomic mass is 10.1. The molecule has 114 valence electrons. The Morgan fingerprint density at radius 3 is 1.68 bits per heavy atom. The summed E-state index contributed by atoms with van der Waals surface area (Å²) in [6.45, 7) is 3.61. The molecule has 0 aromatic heterocycles. The Morgan fingerprint density at radius 1 is 0.818 bits per heavy atom. The number of benzene rings is 2. The minimum atomic E-state index is -0.314. The highest BCUT2D eigenvalue weighted by atomic mass is 16.5. The van der Waals surface area contributed by atoms with Crippen LogP contribution in [0.1, 0.15) is 26.3 Å². The highest BCUT2D eigenvalue weighted by molar-refractivity contribution is 5.89. The molecule has 4 nitrogen and oxygen atoms in total. The van der Waals surface area contributed by atoms with E-state index in [1.165, 1.54) is 14.2 Å². The standard InChI is InChI=1S/C10H10O2.C8H8O2/c1-3-8-4-6-9(7-5-8)10(11)12-2;1-10-8(9)7-5-3-2-4-6-7/h3-7H,1H2,2H3;2-6H,1H3. The van der Waals surface area contributed by atoms with Gasteiger partial charge in [-0.1, -0.05) is 43.0 Å². The number of rotatable bonds is 3. The van der Waals surface area contributed by atoms with Crippen molar-refractivity contribution >= 4 is 18.0 Å². The molecule has 0 saturated heterocycles. The summed E-state index contributed by atoms with van der Waals surface area (Å²) in [6.07, 6.45) is 1.72. The maximum Gasteiger partial charge on any atom is 0.337 e. The topological polar surface area (TPSA) is 52.6 Å². The molecule has 2 aromatic rings. The lowest BCUT2D eigenvalue weighted by Crippen LogP contribution is -2.00. The van der Waals surface area contributed by atoms with Gasteiger partial charge >= 0.3 is 11.9 Å². The molecule has 0 unspecified atom stereocenters. The van der Waals surface area contributed by atoms with E-state index >= 15 is 0 Å². The third-order valence-corrected chi connectivity index (χ3v) is 2.76. The van der Waals surface area contributed by atoms with Gasteiger partial charge in [-0.3, -0.25) is 0 Å². The summed E-state index contributed by atoms with van der Waals surface area (Å²) in [6, 6.07) is 15.9. The predicted octanol–water partition coefficient (Wildman–Crippen LogP) is 3.59. The molecule has 0 bridgehead atoms. The van der Waals surface area contributed by atoms with E-state index in [4.69, 9.17) is 0 Å². The van der Waals surface area contributed by atoms with Crippen LogP contribution in [0.3, 0.4) is 0 Å². The molecule has 0 heterocycles. The van der Waals surface area contributed by atoms with E-state index in [9.17, 15) is 9.59 Å². The van der Waals surface area contributed by atoms with E-state index in [2.05, 4.69) is 16.1 Å². The van der Waals surface area contributed by atoms with Gasteiger partial charge in [0.25, 0.3) is 0 Å². The molecule has 0 amide bonds. The van der Waals surface area contributed by atoms with Crippen molar-refractivity contribution in [1.29, 1.82) is 0 Å². The SMILES string of the molecule is C=Cc1ccc(C(=O)OC)cc1.COC(=O)c1ccccc1. The first-order valence-corrected chi connectivity index (χ1v) is 6.56. The van der Waals surface area contributed by atoms with Gasteiger partial charge in [-0.25, -0.2) is 9.59 Å². The Labute approximate surface area is 130 Å². The van der Waals surface area contributed by atoms with E-state index in [1.54, 1.807) is 42.5 Å². The van der Waals surface area contributed by atoms with E-state index < -0.39 is 0 Å². The zero-order chi connectivity index (χ0) is 16.4. The normalized spacial score (nSPS) is 9.00. The van der Waals surface area contributed by atoms with Crippen molar-refractivity contribution in [3.63, 3.8) is 0 Å². The summed E-state index contributed by atoms with van der Waals surface area (Å²) in [7, 11) is 2.74. The molecule has 0 aliphatic heterocycles. The van der Waals surface area contributed by atoms with Gasteiger partial charge in [0, 0.05) is 0 Å². The van der Waals surface area contributed by atoms with Crippen molar-refractivity contribution in [3.05, 3.63) is 77.9 Å². The highest BCUT2D eigenvalue weighted by Crippen LogP contribution is 2.06. The maximum absolute atomic E-state index is 11.0. The van der Waals surface area contributed by atoms with Crippen LogP contribution >= 0.6 is 0 Å². The quantitative estimate of drug-likeness (QED) is 0.813. The third kappa shape index (κ3) is 5.25. The number of hydrogen-bond acceptors (Lipinski definition) is 4. The Kier molecular flexibility index (Phi) is 7.13.